The molecule has 0 fully saturated rings. The van der Waals surface area contributed by atoms with E-state index in [-0.39, 0.29) is 5.56 Å². The molecule has 1 aromatic rings. The van der Waals surface area contributed by atoms with Crippen molar-refractivity contribution in [2.45, 2.75) is 23.2 Å². The molecule has 0 radical (unpaired) electrons. The average molecular weight is 266 g/mol. The van der Waals surface area contributed by atoms with Crippen LogP contribution in [0.4, 0.5) is 13.2 Å². The first kappa shape index (κ1) is 13.7. The highest BCUT2D eigenvalue weighted by atomic mass is 32.2. The molecule has 0 heterocycles. The molecule has 0 saturated heterocycles. The summed E-state index contributed by atoms with van der Waals surface area (Å²) in [5, 5.41) is 0. The van der Waals surface area contributed by atoms with E-state index in [1.54, 1.807) is 0 Å². The highest BCUT2D eigenvalue weighted by Gasteiger charge is 2.46. The van der Waals surface area contributed by atoms with Crippen molar-refractivity contribution in [3.05, 3.63) is 29.8 Å². The molecule has 1 atom stereocenters. The molecule has 1 aromatic carbocycles. The zero-order chi connectivity index (χ0) is 13.3. The van der Waals surface area contributed by atoms with Gasteiger partial charge in [-0.15, -0.1) is 0 Å². The van der Waals surface area contributed by atoms with Gasteiger partial charge in [0, 0.05) is 5.92 Å². The summed E-state index contributed by atoms with van der Waals surface area (Å²) in [6, 6.07) is 4.29. The maximum atomic E-state index is 12.3. The van der Waals surface area contributed by atoms with Gasteiger partial charge in [-0.3, -0.25) is 0 Å². The Morgan fingerprint density at radius 3 is 2.35 bits per heavy atom. The maximum absolute atomic E-state index is 12.3. The Kier molecular flexibility index (Phi) is 3.61. The lowest BCUT2D eigenvalue weighted by atomic mass is 10.0. The number of rotatable bonds is 3. The van der Waals surface area contributed by atoms with E-state index in [0.29, 0.717) is 6.29 Å². The Bertz CT molecular complexity index is 520. The zero-order valence-corrected chi connectivity index (χ0v) is 9.55. The molecule has 0 bridgehead atoms. The number of alkyl halides is 3. The Hall–Kier alpha value is -1.37. The van der Waals surface area contributed by atoms with Crippen LogP contribution in [-0.4, -0.2) is 20.2 Å². The first-order valence-corrected chi connectivity index (χ1v) is 6.05. The van der Waals surface area contributed by atoms with E-state index in [9.17, 15) is 26.4 Å². The van der Waals surface area contributed by atoms with Crippen LogP contribution in [0.25, 0.3) is 0 Å². The minimum atomic E-state index is -5.36. The zero-order valence-electron chi connectivity index (χ0n) is 8.73. The minimum absolute atomic E-state index is 0.227. The third-order valence-corrected chi connectivity index (χ3v) is 3.69. The molecule has 94 valence electrons. The van der Waals surface area contributed by atoms with E-state index in [0.717, 1.165) is 12.1 Å². The van der Waals surface area contributed by atoms with Crippen molar-refractivity contribution in [3.8, 4) is 0 Å². The lowest BCUT2D eigenvalue weighted by Gasteiger charge is -2.10. The Balaban J connectivity index is 3.31. The predicted octanol–water partition coefficient (Wildman–Crippen LogP) is 2.28. The van der Waals surface area contributed by atoms with Gasteiger partial charge >= 0.3 is 5.51 Å². The summed E-state index contributed by atoms with van der Waals surface area (Å²) in [4.78, 5) is 9.64. The molecule has 0 amide bonds. The number of halogens is 3. The molecule has 1 unspecified atom stereocenters. The molecule has 0 aromatic heterocycles. The molecule has 1 rings (SSSR count). The second-order valence-electron chi connectivity index (χ2n) is 3.45. The quantitative estimate of drug-likeness (QED) is 0.789. The first-order chi connectivity index (χ1) is 7.70. The van der Waals surface area contributed by atoms with Gasteiger partial charge in [-0.2, -0.15) is 13.2 Å². The molecular weight excluding hydrogens is 257 g/mol. The summed E-state index contributed by atoms with van der Waals surface area (Å²) in [5.74, 6) is -0.654. The van der Waals surface area contributed by atoms with E-state index in [4.69, 9.17) is 0 Å². The number of carbonyl (C=O) groups excluding carboxylic acids is 1. The van der Waals surface area contributed by atoms with Crippen LogP contribution in [-0.2, 0) is 14.6 Å². The molecule has 0 aliphatic carbocycles. The van der Waals surface area contributed by atoms with Crippen LogP contribution in [0, 0.1) is 0 Å². The number of hydrogen-bond donors (Lipinski definition) is 0. The van der Waals surface area contributed by atoms with Crippen LogP contribution >= 0.6 is 0 Å². The van der Waals surface area contributed by atoms with Crippen molar-refractivity contribution in [1.29, 1.82) is 0 Å². The van der Waals surface area contributed by atoms with Gasteiger partial charge in [0.2, 0.25) is 0 Å². The van der Waals surface area contributed by atoms with Gasteiger partial charge in [0.05, 0.1) is 4.90 Å². The van der Waals surface area contributed by atoms with Crippen molar-refractivity contribution >= 4 is 16.1 Å². The van der Waals surface area contributed by atoms with Crippen molar-refractivity contribution in [2.75, 3.05) is 0 Å². The number of aldehydes is 1. The third-order valence-electron chi connectivity index (χ3n) is 2.20. The fraction of sp³-hybridized carbons (Fsp3) is 0.300. The van der Waals surface area contributed by atoms with E-state index >= 15 is 0 Å². The Morgan fingerprint density at radius 1 is 1.29 bits per heavy atom. The molecular formula is C10H9F3O3S. The molecule has 0 spiro atoms. The molecule has 0 aliphatic rings. The van der Waals surface area contributed by atoms with Gasteiger partial charge in [0.15, 0.2) is 0 Å². The fourth-order valence-electron chi connectivity index (χ4n) is 1.18. The first-order valence-electron chi connectivity index (χ1n) is 4.56. The summed E-state index contributed by atoms with van der Waals surface area (Å²) >= 11 is 0. The number of benzene rings is 1. The van der Waals surface area contributed by atoms with Crippen molar-refractivity contribution in [1.82, 2.24) is 0 Å². The predicted molar refractivity (Wildman–Crippen MR) is 54.2 cm³/mol. The summed E-state index contributed by atoms with van der Waals surface area (Å²) in [6.45, 7) is 1.46. The summed E-state index contributed by atoms with van der Waals surface area (Å²) < 4.78 is 59.0. The highest BCUT2D eigenvalue weighted by molar-refractivity contribution is 7.92. The molecule has 17 heavy (non-hydrogen) atoms. The van der Waals surface area contributed by atoms with E-state index in [1.807, 2.05) is 0 Å². The SMILES string of the molecule is CC(C=O)c1cccc(S(=O)(=O)C(F)(F)F)c1. The number of sulfone groups is 1. The van der Waals surface area contributed by atoms with Crippen LogP contribution < -0.4 is 0 Å². The summed E-state index contributed by atoms with van der Waals surface area (Å²) in [5.41, 5.74) is -5.11. The van der Waals surface area contributed by atoms with E-state index < -0.39 is 26.2 Å². The van der Waals surface area contributed by atoms with Crippen molar-refractivity contribution < 1.29 is 26.4 Å². The fourth-order valence-corrected chi connectivity index (χ4v) is 1.99. The number of hydrogen-bond acceptors (Lipinski definition) is 3. The minimum Gasteiger partial charge on any atom is -0.303 e. The summed E-state index contributed by atoms with van der Waals surface area (Å²) in [6.07, 6.45) is 0.527. The Morgan fingerprint density at radius 2 is 1.88 bits per heavy atom. The Labute approximate surface area is 96.2 Å². The molecule has 3 nitrogen and oxygen atoms in total. The normalized spacial score (nSPS) is 14.4. The molecule has 7 heteroatoms. The van der Waals surface area contributed by atoms with Crippen LogP contribution in [0.1, 0.15) is 18.4 Å². The van der Waals surface area contributed by atoms with Gasteiger partial charge < -0.3 is 4.79 Å². The van der Waals surface area contributed by atoms with Crippen molar-refractivity contribution in [3.63, 3.8) is 0 Å². The number of carbonyl (C=O) groups is 1. The van der Waals surface area contributed by atoms with E-state index in [2.05, 4.69) is 0 Å². The van der Waals surface area contributed by atoms with Crippen LogP contribution in [0.3, 0.4) is 0 Å². The van der Waals surface area contributed by atoms with Crippen LogP contribution in [0.5, 0.6) is 0 Å². The van der Waals surface area contributed by atoms with Crippen LogP contribution in [0.15, 0.2) is 29.2 Å². The third kappa shape index (κ3) is 2.66. The van der Waals surface area contributed by atoms with E-state index in [1.165, 1.54) is 19.1 Å². The van der Waals surface area contributed by atoms with Crippen molar-refractivity contribution in [2.24, 2.45) is 0 Å². The standard InChI is InChI=1S/C10H9F3O3S/c1-7(6-14)8-3-2-4-9(5-8)17(15,16)10(11,12)13/h2-7H,1H3. The van der Waals surface area contributed by atoms with Crippen LogP contribution in [0.2, 0.25) is 0 Å². The van der Waals surface area contributed by atoms with Gasteiger partial charge in [-0.25, -0.2) is 8.42 Å². The smallest absolute Gasteiger partial charge is 0.303 e. The second kappa shape index (κ2) is 4.48. The largest absolute Gasteiger partial charge is 0.501 e. The van der Waals surface area contributed by atoms with Gasteiger partial charge in [-0.05, 0) is 17.7 Å². The molecule has 0 aliphatic heterocycles. The second-order valence-corrected chi connectivity index (χ2v) is 5.39. The maximum Gasteiger partial charge on any atom is 0.501 e. The average Bonchev–Trinajstić information content (AvgIpc) is 2.26. The monoisotopic (exact) mass is 266 g/mol. The van der Waals surface area contributed by atoms with Gasteiger partial charge in [-0.1, -0.05) is 19.1 Å². The van der Waals surface area contributed by atoms with Gasteiger partial charge in [0.25, 0.3) is 9.84 Å². The molecule has 0 saturated carbocycles. The molecule has 0 N–H and O–H groups in total. The van der Waals surface area contributed by atoms with Gasteiger partial charge in [0.1, 0.15) is 6.29 Å². The lowest BCUT2D eigenvalue weighted by molar-refractivity contribution is -0.108. The summed E-state index contributed by atoms with van der Waals surface area (Å²) in [7, 11) is -5.36. The topological polar surface area (TPSA) is 51.2 Å². The lowest BCUT2D eigenvalue weighted by Crippen LogP contribution is -2.23. The highest BCUT2D eigenvalue weighted by Crippen LogP contribution is 2.31.